The average molecular weight is 272 g/mol. The summed E-state index contributed by atoms with van der Waals surface area (Å²) < 4.78 is 0. The Morgan fingerprint density at radius 3 is 2.60 bits per heavy atom. The molecule has 108 valence electrons. The van der Waals surface area contributed by atoms with Crippen molar-refractivity contribution in [2.75, 3.05) is 19.6 Å². The highest BCUT2D eigenvalue weighted by atomic mass is 16.2. The van der Waals surface area contributed by atoms with Crippen LogP contribution in [0.2, 0.25) is 0 Å². The molecule has 20 heavy (non-hydrogen) atoms. The second kappa shape index (κ2) is 5.96. The summed E-state index contributed by atoms with van der Waals surface area (Å²) >= 11 is 0. The number of nitrogens with one attached hydrogen (secondary N) is 1. The molecule has 3 nitrogen and oxygen atoms in total. The molecule has 1 N–H and O–H groups in total. The maximum absolute atomic E-state index is 11.3. The second-order valence-corrected chi connectivity index (χ2v) is 6.22. The third kappa shape index (κ3) is 3.21. The Bertz CT molecular complexity index is 451. The monoisotopic (exact) mass is 272 g/mol. The van der Waals surface area contributed by atoms with Crippen LogP contribution in [0.25, 0.3) is 0 Å². The van der Waals surface area contributed by atoms with E-state index in [1.54, 1.807) is 6.92 Å². The summed E-state index contributed by atoms with van der Waals surface area (Å²) in [4.78, 5) is 13.3. The van der Waals surface area contributed by atoms with Gasteiger partial charge in [0.1, 0.15) is 0 Å². The molecule has 1 saturated carbocycles. The number of benzene rings is 1. The third-order valence-corrected chi connectivity index (χ3v) is 4.75. The zero-order chi connectivity index (χ0) is 13.9. The Labute approximate surface area is 121 Å². The highest BCUT2D eigenvalue weighted by molar-refractivity contribution is 5.73. The van der Waals surface area contributed by atoms with Gasteiger partial charge in [0, 0.05) is 32.0 Å². The van der Waals surface area contributed by atoms with E-state index in [2.05, 4.69) is 35.6 Å². The van der Waals surface area contributed by atoms with Crippen molar-refractivity contribution in [1.29, 1.82) is 0 Å². The molecule has 1 amide bonds. The van der Waals surface area contributed by atoms with Gasteiger partial charge in [0.25, 0.3) is 0 Å². The van der Waals surface area contributed by atoms with E-state index in [1.807, 2.05) is 4.90 Å². The molecular weight excluding hydrogens is 248 g/mol. The first-order valence-electron chi connectivity index (χ1n) is 7.78. The maximum Gasteiger partial charge on any atom is 0.219 e. The lowest BCUT2D eigenvalue weighted by molar-refractivity contribution is -0.130. The average Bonchev–Trinajstić information content (AvgIpc) is 3.26. The number of nitrogens with zero attached hydrogens (tertiary/aromatic N) is 1. The van der Waals surface area contributed by atoms with Gasteiger partial charge in [0.15, 0.2) is 0 Å². The van der Waals surface area contributed by atoms with Crippen molar-refractivity contribution in [2.45, 2.75) is 38.1 Å². The topological polar surface area (TPSA) is 32.3 Å². The molecule has 3 heteroatoms. The number of hydrogen-bond acceptors (Lipinski definition) is 2. The Morgan fingerprint density at radius 2 is 1.95 bits per heavy atom. The first-order chi connectivity index (χ1) is 9.74. The van der Waals surface area contributed by atoms with Crippen LogP contribution in [-0.2, 0) is 4.79 Å². The number of rotatable bonds is 4. The summed E-state index contributed by atoms with van der Waals surface area (Å²) in [6.07, 6.45) is 3.57. The molecule has 1 aliphatic carbocycles. The first kappa shape index (κ1) is 13.6. The SMILES string of the molecule is CC(=O)N1CCC(CN[C@@H]2C[C@H]2c2ccccc2)CC1. The quantitative estimate of drug-likeness (QED) is 0.913. The molecule has 1 saturated heterocycles. The lowest BCUT2D eigenvalue weighted by atomic mass is 9.96. The van der Waals surface area contributed by atoms with Gasteiger partial charge in [-0.1, -0.05) is 30.3 Å². The highest BCUT2D eigenvalue weighted by Gasteiger charge is 2.38. The lowest BCUT2D eigenvalue weighted by Crippen LogP contribution is -2.40. The summed E-state index contributed by atoms with van der Waals surface area (Å²) in [5.41, 5.74) is 1.47. The van der Waals surface area contributed by atoms with Crippen LogP contribution in [0, 0.1) is 5.92 Å². The van der Waals surface area contributed by atoms with Crippen LogP contribution in [0.1, 0.15) is 37.7 Å². The minimum absolute atomic E-state index is 0.225. The van der Waals surface area contributed by atoms with Gasteiger partial charge in [-0.3, -0.25) is 4.79 Å². The maximum atomic E-state index is 11.3. The van der Waals surface area contributed by atoms with Gasteiger partial charge in [-0.05, 0) is 37.3 Å². The van der Waals surface area contributed by atoms with E-state index >= 15 is 0 Å². The first-order valence-corrected chi connectivity index (χ1v) is 7.78. The normalized spacial score (nSPS) is 26.6. The Hall–Kier alpha value is -1.35. The van der Waals surface area contributed by atoms with Gasteiger partial charge >= 0.3 is 0 Å². The number of piperidine rings is 1. The van der Waals surface area contributed by atoms with E-state index in [0.29, 0.717) is 12.0 Å². The summed E-state index contributed by atoms with van der Waals surface area (Å²) in [6.45, 7) is 4.66. The van der Waals surface area contributed by atoms with E-state index in [-0.39, 0.29) is 5.91 Å². The van der Waals surface area contributed by atoms with E-state index in [1.165, 1.54) is 12.0 Å². The van der Waals surface area contributed by atoms with Gasteiger partial charge < -0.3 is 10.2 Å². The molecular formula is C17H24N2O. The number of hydrogen-bond donors (Lipinski definition) is 1. The lowest BCUT2D eigenvalue weighted by Gasteiger charge is -2.31. The minimum Gasteiger partial charge on any atom is -0.343 e. The molecule has 1 aromatic rings. The van der Waals surface area contributed by atoms with Gasteiger partial charge in [-0.15, -0.1) is 0 Å². The van der Waals surface area contributed by atoms with E-state index in [9.17, 15) is 4.79 Å². The number of carbonyl (C=O) groups is 1. The number of carbonyl (C=O) groups excluding carboxylic acids is 1. The Kier molecular flexibility index (Phi) is 4.06. The molecule has 1 aromatic carbocycles. The smallest absolute Gasteiger partial charge is 0.219 e. The van der Waals surface area contributed by atoms with Crippen molar-refractivity contribution in [1.82, 2.24) is 10.2 Å². The summed E-state index contributed by atoms with van der Waals surface area (Å²) in [7, 11) is 0. The Balaban J connectivity index is 1.39. The molecule has 1 heterocycles. The van der Waals surface area contributed by atoms with Crippen LogP contribution in [0.3, 0.4) is 0 Å². The molecule has 0 unspecified atom stereocenters. The van der Waals surface area contributed by atoms with Crippen LogP contribution in [0.15, 0.2) is 30.3 Å². The molecule has 0 aromatic heterocycles. The van der Waals surface area contributed by atoms with Crippen LogP contribution < -0.4 is 5.32 Å². The molecule has 3 rings (SSSR count). The zero-order valence-corrected chi connectivity index (χ0v) is 12.2. The van der Waals surface area contributed by atoms with Crippen molar-refractivity contribution >= 4 is 5.91 Å². The second-order valence-electron chi connectivity index (χ2n) is 6.22. The fourth-order valence-electron chi connectivity index (χ4n) is 3.26. The number of amides is 1. The van der Waals surface area contributed by atoms with E-state index in [0.717, 1.165) is 38.4 Å². The predicted molar refractivity (Wildman–Crippen MR) is 80.6 cm³/mol. The summed E-state index contributed by atoms with van der Waals surface area (Å²) in [5.74, 6) is 1.68. The molecule has 2 aliphatic rings. The summed E-state index contributed by atoms with van der Waals surface area (Å²) in [6, 6.07) is 11.5. The van der Waals surface area contributed by atoms with Crippen molar-refractivity contribution in [3.63, 3.8) is 0 Å². The molecule has 2 fully saturated rings. The molecule has 0 spiro atoms. The van der Waals surface area contributed by atoms with Gasteiger partial charge in [0.05, 0.1) is 0 Å². The van der Waals surface area contributed by atoms with Crippen LogP contribution in [0.5, 0.6) is 0 Å². The largest absolute Gasteiger partial charge is 0.343 e. The predicted octanol–water partition coefficient (Wildman–Crippen LogP) is 2.39. The van der Waals surface area contributed by atoms with Crippen molar-refractivity contribution in [3.8, 4) is 0 Å². The van der Waals surface area contributed by atoms with Gasteiger partial charge in [-0.2, -0.15) is 0 Å². The van der Waals surface area contributed by atoms with Crippen LogP contribution in [0.4, 0.5) is 0 Å². The van der Waals surface area contributed by atoms with Crippen molar-refractivity contribution < 1.29 is 4.79 Å². The molecule has 2 atom stereocenters. The van der Waals surface area contributed by atoms with Crippen LogP contribution >= 0.6 is 0 Å². The zero-order valence-electron chi connectivity index (χ0n) is 12.2. The van der Waals surface area contributed by atoms with E-state index < -0.39 is 0 Å². The minimum atomic E-state index is 0.225. The van der Waals surface area contributed by atoms with Gasteiger partial charge in [-0.25, -0.2) is 0 Å². The third-order valence-electron chi connectivity index (χ3n) is 4.75. The highest BCUT2D eigenvalue weighted by Crippen LogP contribution is 2.40. The molecule has 0 radical (unpaired) electrons. The van der Waals surface area contributed by atoms with E-state index in [4.69, 9.17) is 0 Å². The Morgan fingerprint density at radius 1 is 1.25 bits per heavy atom. The van der Waals surface area contributed by atoms with Gasteiger partial charge in [0.2, 0.25) is 5.91 Å². The fraction of sp³-hybridized carbons (Fsp3) is 0.588. The molecule has 0 bridgehead atoms. The fourth-order valence-corrected chi connectivity index (χ4v) is 3.26. The standard InChI is InChI=1S/C17H24N2O/c1-13(20)19-9-7-14(8-10-19)12-18-17-11-16(17)15-5-3-2-4-6-15/h2-6,14,16-18H,7-12H2,1H3/t16-,17+/m0/s1. The van der Waals surface area contributed by atoms with Crippen LogP contribution in [-0.4, -0.2) is 36.5 Å². The molecule has 1 aliphatic heterocycles. The van der Waals surface area contributed by atoms with Crippen molar-refractivity contribution in [3.05, 3.63) is 35.9 Å². The summed E-state index contributed by atoms with van der Waals surface area (Å²) in [5, 5.41) is 3.72. The number of likely N-dealkylation sites (tertiary alicyclic amines) is 1. The van der Waals surface area contributed by atoms with Crippen molar-refractivity contribution in [2.24, 2.45) is 5.92 Å².